The van der Waals surface area contributed by atoms with Gasteiger partial charge >= 0.3 is 0 Å². The molecule has 1 unspecified atom stereocenters. The van der Waals surface area contributed by atoms with Crippen molar-refractivity contribution in [1.29, 1.82) is 0 Å². The third kappa shape index (κ3) is 5.92. The Labute approximate surface area is 142 Å². The van der Waals surface area contributed by atoms with Gasteiger partial charge in [0.05, 0.1) is 6.10 Å². The number of nitrogens with zero attached hydrogens (tertiary/aromatic N) is 1. The summed E-state index contributed by atoms with van der Waals surface area (Å²) in [5.74, 6) is -0.683. The van der Waals surface area contributed by atoms with E-state index in [9.17, 15) is 14.0 Å². The molecule has 132 valence electrons. The maximum Gasteiger partial charge on any atom is 0.251 e. The summed E-state index contributed by atoms with van der Waals surface area (Å²) in [7, 11) is 1.78. The third-order valence-corrected chi connectivity index (χ3v) is 4.20. The molecular formula is C18H25FN2O3. The van der Waals surface area contributed by atoms with E-state index in [0.29, 0.717) is 18.2 Å². The van der Waals surface area contributed by atoms with Crippen LogP contribution in [0.25, 0.3) is 0 Å². The maximum atomic E-state index is 12.8. The van der Waals surface area contributed by atoms with E-state index in [0.717, 1.165) is 32.3 Å². The van der Waals surface area contributed by atoms with Gasteiger partial charge in [0.15, 0.2) is 0 Å². The van der Waals surface area contributed by atoms with E-state index in [4.69, 9.17) is 4.74 Å². The van der Waals surface area contributed by atoms with E-state index in [1.807, 2.05) is 0 Å². The molecule has 1 aromatic rings. The second-order valence-corrected chi connectivity index (χ2v) is 6.11. The van der Waals surface area contributed by atoms with Gasteiger partial charge in [-0.3, -0.25) is 9.59 Å². The molecule has 1 heterocycles. The van der Waals surface area contributed by atoms with Crippen LogP contribution in [-0.4, -0.2) is 49.6 Å². The number of hydrogen-bond donors (Lipinski definition) is 1. The van der Waals surface area contributed by atoms with Crippen molar-refractivity contribution in [2.24, 2.45) is 0 Å². The standard InChI is InChI=1S/C18H25FN2O3/c1-21(12-2-4-16-5-3-13-24-16)17(22)10-11-20-18(23)14-6-8-15(19)9-7-14/h6-9,16H,2-5,10-13H2,1H3,(H,20,23). The summed E-state index contributed by atoms with van der Waals surface area (Å²) >= 11 is 0. The van der Waals surface area contributed by atoms with Crippen molar-refractivity contribution in [3.05, 3.63) is 35.6 Å². The molecule has 2 amide bonds. The smallest absolute Gasteiger partial charge is 0.251 e. The van der Waals surface area contributed by atoms with Gasteiger partial charge in [-0.25, -0.2) is 4.39 Å². The van der Waals surface area contributed by atoms with Crippen LogP contribution in [0.2, 0.25) is 0 Å². The lowest BCUT2D eigenvalue weighted by atomic mass is 10.1. The molecule has 5 nitrogen and oxygen atoms in total. The van der Waals surface area contributed by atoms with Gasteiger partial charge in [-0.15, -0.1) is 0 Å². The zero-order chi connectivity index (χ0) is 17.4. The van der Waals surface area contributed by atoms with E-state index >= 15 is 0 Å². The van der Waals surface area contributed by atoms with Crippen LogP contribution in [0.3, 0.4) is 0 Å². The third-order valence-electron chi connectivity index (χ3n) is 4.20. The predicted molar refractivity (Wildman–Crippen MR) is 89.2 cm³/mol. The predicted octanol–water partition coefficient (Wildman–Crippen LogP) is 2.36. The van der Waals surface area contributed by atoms with Crippen LogP contribution in [0, 0.1) is 5.82 Å². The number of carbonyl (C=O) groups excluding carboxylic acids is 2. The number of benzene rings is 1. The Morgan fingerprint density at radius 3 is 2.75 bits per heavy atom. The fraction of sp³-hybridized carbons (Fsp3) is 0.556. The van der Waals surface area contributed by atoms with Crippen LogP contribution >= 0.6 is 0 Å². The molecule has 24 heavy (non-hydrogen) atoms. The van der Waals surface area contributed by atoms with Crippen molar-refractivity contribution < 1.29 is 18.7 Å². The van der Waals surface area contributed by atoms with Crippen molar-refractivity contribution in [3.63, 3.8) is 0 Å². The molecule has 2 rings (SSSR count). The summed E-state index contributed by atoms with van der Waals surface area (Å²) in [6.45, 7) is 1.82. The Morgan fingerprint density at radius 1 is 1.33 bits per heavy atom. The number of rotatable bonds is 8. The van der Waals surface area contributed by atoms with Gasteiger partial charge in [0.25, 0.3) is 5.91 Å². The molecule has 0 spiro atoms. The van der Waals surface area contributed by atoms with Gasteiger partial charge in [-0.1, -0.05) is 0 Å². The van der Waals surface area contributed by atoms with Crippen LogP contribution in [0.15, 0.2) is 24.3 Å². The van der Waals surface area contributed by atoms with Gasteiger partial charge in [0.1, 0.15) is 5.82 Å². The molecule has 0 saturated carbocycles. The summed E-state index contributed by atoms with van der Waals surface area (Å²) in [4.78, 5) is 25.6. The first-order chi connectivity index (χ1) is 11.6. The summed E-state index contributed by atoms with van der Waals surface area (Å²) in [5, 5.41) is 2.68. The molecule has 1 fully saturated rings. The van der Waals surface area contributed by atoms with Gasteiger partial charge in [-0.2, -0.15) is 0 Å². The van der Waals surface area contributed by atoms with E-state index < -0.39 is 0 Å². The SMILES string of the molecule is CN(CCCC1CCCO1)C(=O)CCNC(=O)c1ccc(F)cc1. The van der Waals surface area contributed by atoms with Crippen LogP contribution < -0.4 is 5.32 Å². The Balaban J connectivity index is 1.61. The summed E-state index contributed by atoms with van der Waals surface area (Å²) in [5.41, 5.74) is 0.383. The van der Waals surface area contributed by atoms with Crippen LogP contribution in [-0.2, 0) is 9.53 Å². The highest BCUT2D eigenvalue weighted by atomic mass is 19.1. The molecule has 1 atom stereocenters. The Kier molecular flexibility index (Phi) is 7.18. The number of nitrogens with one attached hydrogen (secondary N) is 1. The molecule has 1 aliphatic heterocycles. The first-order valence-electron chi connectivity index (χ1n) is 8.45. The highest BCUT2D eigenvalue weighted by Gasteiger charge is 2.16. The minimum absolute atomic E-state index is 0.00162. The molecule has 1 aliphatic rings. The Morgan fingerprint density at radius 2 is 2.08 bits per heavy atom. The minimum Gasteiger partial charge on any atom is -0.378 e. The zero-order valence-corrected chi connectivity index (χ0v) is 14.1. The fourth-order valence-corrected chi connectivity index (χ4v) is 2.73. The summed E-state index contributed by atoms with van der Waals surface area (Å²) in [6.07, 6.45) is 4.76. The van der Waals surface area contributed by atoms with E-state index in [1.54, 1.807) is 11.9 Å². The lowest BCUT2D eigenvalue weighted by Gasteiger charge is -2.18. The Hall–Kier alpha value is -1.95. The van der Waals surface area contributed by atoms with E-state index in [2.05, 4.69) is 5.32 Å². The molecule has 0 aliphatic carbocycles. The summed E-state index contributed by atoms with van der Waals surface area (Å²) in [6, 6.07) is 5.32. The highest BCUT2D eigenvalue weighted by molar-refractivity contribution is 5.94. The molecule has 0 bridgehead atoms. The van der Waals surface area contributed by atoms with Crippen LogP contribution in [0.4, 0.5) is 4.39 Å². The number of halogens is 1. The zero-order valence-electron chi connectivity index (χ0n) is 14.1. The molecule has 0 radical (unpaired) electrons. The van der Waals surface area contributed by atoms with Gasteiger partial charge in [0, 0.05) is 38.7 Å². The molecular weight excluding hydrogens is 311 g/mol. The second kappa shape index (κ2) is 9.37. The molecule has 1 N–H and O–H groups in total. The first-order valence-corrected chi connectivity index (χ1v) is 8.45. The van der Waals surface area contributed by atoms with Crippen molar-refractivity contribution in [2.45, 2.75) is 38.2 Å². The quantitative estimate of drug-likeness (QED) is 0.793. The van der Waals surface area contributed by atoms with E-state index in [-0.39, 0.29) is 30.6 Å². The van der Waals surface area contributed by atoms with Crippen LogP contribution in [0.5, 0.6) is 0 Å². The average molecular weight is 336 g/mol. The van der Waals surface area contributed by atoms with Gasteiger partial charge in [-0.05, 0) is 49.9 Å². The normalized spacial score (nSPS) is 16.8. The minimum atomic E-state index is -0.383. The van der Waals surface area contributed by atoms with Crippen molar-refractivity contribution in [2.75, 3.05) is 26.7 Å². The Bertz CT molecular complexity index is 542. The molecule has 0 aromatic heterocycles. The first kappa shape index (κ1) is 18.4. The number of carbonyl (C=O) groups is 2. The largest absolute Gasteiger partial charge is 0.378 e. The lowest BCUT2D eigenvalue weighted by Crippen LogP contribution is -2.33. The number of amides is 2. The van der Waals surface area contributed by atoms with Gasteiger partial charge in [0.2, 0.25) is 5.91 Å². The fourth-order valence-electron chi connectivity index (χ4n) is 2.73. The van der Waals surface area contributed by atoms with Gasteiger partial charge < -0.3 is 15.0 Å². The number of hydrogen-bond acceptors (Lipinski definition) is 3. The maximum absolute atomic E-state index is 12.8. The topological polar surface area (TPSA) is 58.6 Å². The average Bonchev–Trinajstić information content (AvgIpc) is 3.08. The molecule has 1 aromatic carbocycles. The monoisotopic (exact) mass is 336 g/mol. The number of ether oxygens (including phenoxy) is 1. The lowest BCUT2D eigenvalue weighted by molar-refractivity contribution is -0.129. The van der Waals surface area contributed by atoms with Crippen molar-refractivity contribution in [3.8, 4) is 0 Å². The van der Waals surface area contributed by atoms with Crippen molar-refractivity contribution >= 4 is 11.8 Å². The summed E-state index contributed by atoms with van der Waals surface area (Å²) < 4.78 is 18.4. The molecule has 6 heteroatoms. The van der Waals surface area contributed by atoms with E-state index in [1.165, 1.54) is 24.3 Å². The molecule has 1 saturated heterocycles. The van der Waals surface area contributed by atoms with Crippen molar-refractivity contribution in [1.82, 2.24) is 10.2 Å². The second-order valence-electron chi connectivity index (χ2n) is 6.11. The van der Waals surface area contributed by atoms with Crippen LogP contribution in [0.1, 0.15) is 42.5 Å². The highest BCUT2D eigenvalue weighted by Crippen LogP contribution is 2.16.